The first kappa shape index (κ1) is 14.5. The maximum atomic E-state index is 12.6. The number of fused-ring (bicyclic) bond motifs is 7. The van der Waals surface area contributed by atoms with Crippen LogP contribution in [0.3, 0.4) is 0 Å². The molecule has 3 aliphatic rings. The van der Waals surface area contributed by atoms with Crippen molar-refractivity contribution in [1.82, 2.24) is 5.32 Å². The zero-order valence-corrected chi connectivity index (χ0v) is 13.6. The van der Waals surface area contributed by atoms with E-state index in [1.54, 1.807) is 13.0 Å². The van der Waals surface area contributed by atoms with Gasteiger partial charge in [-0.15, -0.1) is 0 Å². The minimum absolute atomic E-state index is 0.312. The molecule has 2 fully saturated rings. The number of imide groups is 1. The predicted octanol–water partition coefficient (Wildman–Crippen LogP) is 1.60. The maximum absolute atomic E-state index is 12.6. The number of piperidine rings is 1. The summed E-state index contributed by atoms with van der Waals surface area (Å²) in [5, 5.41) is 3.24. The van der Waals surface area contributed by atoms with Crippen molar-refractivity contribution >= 4 is 28.8 Å². The third-order valence-corrected chi connectivity index (χ3v) is 5.86. The Morgan fingerprint density at radius 2 is 1.92 bits per heavy atom. The molecular formula is C18H15NO6. The third-order valence-electron chi connectivity index (χ3n) is 5.86. The van der Waals surface area contributed by atoms with Gasteiger partial charge in [-0.2, -0.15) is 0 Å². The van der Waals surface area contributed by atoms with E-state index in [9.17, 15) is 14.4 Å². The minimum atomic E-state index is -0.489. The summed E-state index contributed by atoms with van der Waals surface area (Å²) in [5.74, 6) is -2.35. The van der Waals surface area contributed by atoms with E-state index >= 15 is 0 Å². The molecule has 2 amide bonds. The van der Waals surface area contributed by atoms with Gasteiger partial charge in [0.25, 0.3) is 0 Å². The molecule has 0 bridgehead atoms. The van der Waals surface area contributed by atoms with Gasteiger partial charge < -0.3 is 13.9 Å². The van der Waals surface area contributed by atoms with Crippen LogP contribution in [0.2, 0.25) is 0 Å². The van der Waals surface area contributed by atoms with Gasteiger partial charge in [0.05, 0.1) is 25.2 Å². The highest BCUT2D eigenvalue weighted by molar-refractivity contribution is 6.04. The fraction of sp³-hybridized carbons (Fsp3) is 0.389. The van der Waals surface area contributed by atoms with E-state index < -0.39 is 23.7 Å². The van der Waals surface area contributed by atoms with Crippen LogP contribution in [0.5, 0.6) is 11.5 Å². The van der Waals surface area contributed by atoms with Gasteiger partial charge in [-0.3, -0.25) is 19.7 Å². The molecule has 2 aromatic rings. The Hall–Kier alpha value is -2.83. The molecule has 1 saturated heterocycles. The smallest absolute Gasteiger partial charge is 0.315 e. The number of amides is 2. The normalized spacial score (nSPS) is 32.9. The number of benzene rings is 1. The molecule has 1 aliphatic carbocycles. The van der Waals surface area contributed by atoms with Crippen molar-refractivity contribution in [2.24, 2.45) is 23.7 Å². The van der Waals surface area contributed by atoms with Gasteiger partial charge in [-0.05, 0) is 18.1 Å². The largest absolute Gasteiger partial charge is 0.490 e. The van der Waals surface area contributed by atoms with Crippen LogP contribution < -0.4 is 14.8 Å². The second-order valence-corrected chi connectivity index (χ2v) is 6.89. The van der Waals surface area contributed by atoms with Crippen LogP contribution in [0.25, 0.3) is 11.0 Å². The Morgan fingerprint density at radius 1 is 1.12 bits per heavy atom. The summed E-state index contributed by atoms with van der Waals surface area (Å²) in [4.78, 5) is 37.0. The average Bonchev–Trinajstić information content (AvgIpc) is 3.00. The molecule has 1 N–H and O–H groups in total. The summed E-state index contributed by atoms with van der Waals surface area (Å²) >= 11 is 0. The van der Waals surface area contributed by atoms with Crippen LogP contribution in [0, 0.1) is 23.7 Å². The van der Waals surface area contributed by atoms with Crippen molar-refractivity contribution in [3.05, 3.63) is 24.0 Å². The first-order valence-corrected chi connectivity index (χ1v) is 8.17. The summed E-state index contributed by atoms with van der Waals surface area (Å²) in [6.45, 7) is 1.75. The molecule has 1 aromatic heterocycles. The summed E-state index contributed by atoms with van der Waals surface area (Å²) in [6.07, 6.45) is 1.54. The number of rotatable bonds is 1. The van der Waals surface area contributed by atoms with Crippen molar-refractivity contribution in [1.29, 1.82) is 0 Å². The van der Waals surface area contributed by atoms with E-state index in [0.29, 0.717) is 17.1 Å². The molecule has 7 nitrogen and oxygen atoms in total. The molecular weight excluding hydrogens is 326 g/mol. The fourth-order valence-corrected chi connectivity index (χ4v) is 4.72. The van der Waals surface area contributed by atoms with Gasteiger partial charge in [-0.25, -0.2) is 0 Å². The van der Waals surface area contributed by atoms with Crippen LogP contribution in [-0.4, -0.2) is 24.9 Å². The van der Waals surface area contributed by atoms with Gasteiger partial charge >= 0.3 is 5.97 Å². The molecule has 5 rings (SSSR count). The lowest BCUT2D eigenvalue weighted by atomic mass is 9.49. The Balaban J connectivity index is 1.71. The number of esters is 1. The lowest BCUT2D eigenvalue weighted by Gasteiger charge is -2.55. The molecule has 1 aromatic carbocycles. The van der Waals surface area contributed by atoms with Crippen molar-refractivity contribution in [3.8, 4) is 11.5 Å². The third kappa shape index (κ3) is 1.63. The van der Waals surface area contributed by atoms with Crippen LogP contribution in [0.4, 0.5) is 0 Å². The van der Waals surface area contributed by atoms with E-state index in [4.69, 9.17) is 13.9 Å². The second-order valence-electron chi connectivity index (χ2n) is 6.89. The number of carbonyl (C=O) groups excluding carboxylic acids is 3. The van der Waals surface area contributed by atoms with E-state index in [1.807, 2.05) is 6.07 Å². The molecule has 5 atom stereocenters. The Kier molecular flexibility index (Phi) is 2.68. The monoisotopic (exact) mass is 341 g/mol. The highest BCUT2D eigenvalue weighted by atomic mass is 16.6. The molecule has 1 saturated carbocycles. The van der Waals surface area contributed by atoms with Crippen molar-refractivity contribution < 1.29 is 28.3 Å². The molecule has 128 valence electrons. The first-order chi connectivity index (χ1) is 12.0. The number of furan rings is 1. The van der Waals surface area contributed by atoms with E-state index in [2.05, 4.69) is 5.32 Å². The molecule has 0 spiro atoms. The fourth-order valence-electron chi connectivity index (χ4n) is 4.72. The molecule has 25 heavy (non-hydrogen) atoms. The number of methoxy groups -OCH3 is 1. The highest BCUT2D eigenvalue weighted by Gasteiger charge is 2.65. The maximum Gasteiger partial charge on any atom is 0.315 e. The number of nitrogens with one attached hydrogen (secondary N) is 1. The van der Waals surface area contributed by atoms with Gasteiger partial charge in [0.2, 0.25) is 17.6 Å². The molecule has 0 radical (unpaired) electrons. The number of ether oxygens (including phenoxy) is 2. The van der Waals surface area contributed by atoms with Gasteiger partial charge in [0.1, 0.15) is 0 Å². The van der Waals surface area contributed by atoms with Crippen LogP contribution in [0.1, 0.15) is 18.4 Å². The highest BCUT2D eigenvalue weighted by Crippen LogP contribution is 2.62. The zero-order valence-electron chi connectivity index (χ0n) is 13.6. The molecule has 5 unspecified atom stereocenters. The lowest BCUT2D eigenvalue weighted by Crippen LogP contribution is -2.65. The van der Waals surface area contributed by atoms with Crippen LogP contribution in [0.15, 0.2) is 22.8 Å². The Morgan fingerprint density at radius 3 is 2.68 bits per heavy atom. The van der Waals surface area contributed by atoms with Gasteiger partial charge in [0.15, 0.2) is 11.3 Å². The second kappa shape index (κ2) is 4.62. The van der Waals surface area contributed by atoms with Gasteiger partial charge in [0, 0.05) is 22.8 Å². The average molecular weight is 341 g/mol. The van der Waals surface area contributed by atoms with Crippen molar-refractivity contribution in [2.75, 3.05) is 7.11 Å². The lowest BCUT2D eigenvalue weighted by molar-refractivity contribution is -0.170. The van der Waals surface area contributed by atoms with Crippen LogP contribution in [-0.2, 0) is 14.4 Å². The Labute approximate surface area is 142 Å². The quantitative estimate of drug-likeness (QED) is 0.481. The summed E-state index contributed by atoms with van der Waals surface area (Å²) in [6, 6.07) is 3.68. The SMILES string of the molecule is COc1c2c(cc3ccoc13)C1C3C(=O)NC(=O)C(C)C3C1C(=O)O2. The Bertz CT molecular complexity index is 960. The number of hydrogen-bond acceptors (Lipinski definition) is 6. The topological polar surface area (TPSA) is 94.8 Å². The predicted molar refractivity (Wildman–Crippen MR) is 83.9 cm³/mol. The standard InChI is InChI=1S/C18H15NO6/c1-6-9-11(17(21)19-16(6)20)10-8-5-7-3-4-24-13(7)15(23-2)14(8)25-18(22)12(9)10/h3-6,9-12H,1-2H3,(H,19,20,21). The summed E-state index contributed by atoms with van der Waals surface area (Å²) in [5.41, 5.74) is 1.26. The van der Waals surface area contributed by atoms with Crippen molar-refractivity contribution in [2.45, 2.75) is 12.8 Å². The van der Waals surface area contributed by atoms with Crippen molar-refractivity contribution in [3.63, 3.8) is 0 Å². The molecule has 2 aliphatic heterocycles. The van der Waals surface area contributed by atoms with E-state index in [0.717, 1.165) is 10.9 Å². The van der Waals surface area contributed by atoms with E-state index in [-0.39, 0.29) is 23.7 Å². The summed E-state index contributed by atoms with van der Waals surface area (Å²) < 4.78 is 16.4. The molecule has 3 heterocycles. The summed E-state index contributed by atoms with van der Waals surface area (Å²) in [7, 11) is 1.48. The van der Waals surface area contributed by atoms with Gasteiger partial charge in [-0.1, -0.05) is 6.92 Å². The zero-order chi connectivity index (χ0) is 17.5. The molecule has 7 heteroatoms. The number of hydrogen-bond donors (Lipinski definition) is 1. The minimum Gasteiger partial charge on any atom is -0.490 e. The van der Waals surface area contributed by atoms with E-state index in [1.165, 1.54) is 13.4 Å². The first-order valence-electron chi connectivity index (χ1n) is 8.17. The number of carbonyl (C=O) groups is 3. The van der Waals surface area contributed by atoms with Crippen LogP contribution >= 0.6 is 0 Å².